The van der Waals surface area contributed by atoms with Crippen LogP contribution in [0.15, 0.2) is 18.2 Å². The smallest absolute Gasteiger partial charge is 0.223 e. The van der Waals surface area contributed by atoms with Crippen LogP contribution >= 0.6 is 0 Å². The standard InChI is InChI=1S/C18H24N2O/c19-14-6-7-15-12(10-14)2-1-3-17(15)20-18(21)16-9-11-4-5-13(16)8-11/h6-7,10-11,13,16-17H,1-5,8-9,19H2,(H,20,21). The molecule has 3 N–H and O–H groups in total. The first-order valence-electron chi connectivity index (χ1n) is 8.39. The third-order valence-corrected chi connectivity index (χ3v) is 5.87. The molecule has 1 aromatic carbocycles. The number of carbonyl (C=O) groups excluding carboxylic acids is 1. The molecule has 1 aromatic rings. The highest BCUT2D eigenvalue weighted by molar-refractivity contribution is 5.80. The monoisotopic (exact) mass is 284 g/mol. The van der Waals surface area contributed by atoms with E-state index in [0.29, 0.717) is 11.8 Å². The van der Waals surface area contributed by atoms with Crippen molar-refractivity contribution in [2.75, 3.05) is 5.73 Å². The molecule has 0 spiro atoms. The van der Waals surface area contributed by atoms with E-state index >= 15 is 0 Å². The van der Waals surface area contributed by atoms with Crippen LogP contribution in [0.5, 0.6) is 0 Å². The van der Waals surface area contributed by atoms with Gasteiger partial charge in [-0.1, -0.05) is 12.5 Å². The maximum absolute atomic E-state index is 12.6. The largest absolute Gasteiger partial charge is 0.399 e. The van der Waals surface area contributed by atoms with Crippen LogP contribution in [0.4, 0.5) is 5.69 Å². The van der Waals surface area contributed by atoms with Crippen LogP contribution in [0.25, 0.3) is 0 Å². The third-order valence-electron chi connectivity index (χ3n) is 5.87. The van der Waals surface area contributed by atoms with Gasteiger partial charge in [-0.05, 0) is 73.6 Å². The second-order valence-corrected chi connectivity index (χ2v) is 7.19. The third kappa shape index (κ3) is 2.33. The number of benzene rings is 1. The molecule has 0 radical (unpaired) electrons. The van der Waals surface area contributed by atoms with Crippen LogP contribution in [-0.4, -0.2) is 5.91 Å². The normalized spacial score (nSPS) is 33.7. The zero-order chi connectivity index (χ0) is 14.4. The lowest BCUT2D eigenvalue weighted by Gasteiger charge is -2.29. The number of carbonyl (C=O) groups is 1. The summed E-state index contributed by atoms with van der Waals surface area (Å²) in [5, 5.41) is 3.34. The summed E-state index contributed by atoms with van der Waals surface area (Å²) in [7, 11) is 0. The van der Waals surface area contributed by atoms with Crippen molar-refractivity contribution in [3.8, 4) is 0 Å². The van der Waals surface area contributed by atoms with E-state index in [0.717, 1.165) is 37.3 Å². The topological polar surface area (TPSA) is 55.1 Å². The number of aryl methyl sites for hydroxylation is 1. The molecule has 21 heavy (non-hydrogen) atoms. The van der Waals surface area contributed by atoms with Crippen LogP contribution in [0, 0.1) is 17.8 Å². The first kappa shape index (κ1) is 13.2. The minimum absolute atomic E-state index is 0.195. The molecule has 2 fully saturated rings. The summed E-state index contributed by atoms with van der Waals surface area (Å²) in [5.74, 6) is 2.06. The Balaban J connectivity index is 1.49. The van der Waals surface area contributed by atoms with Gasteiger partial charge in [0.15, 0.2) is 0 Å². The predicted molar refractivity (Wildman–Crippen MR) is 83.6 cm³/mol. The lowest BCUT2D eigenvalue weighted by atomic mass is 9.85. The molecule has 3 aliphatic rings. The number of amides is 1. The van der Waals surface area contributed by atoms with E-state index in [2.05, 4.69) is 17.4 Å². The van der Waals surface area contributed by atoms with Crippen molar-refractivity contribution in [3.63, 3.8) is 0 Å². The molecule has 4 atom stereocenters. The molecule has 2 bridgehead atoms. The van der Waals surface area contributed by atoms with Crippen LogP contribution in [0.2, 0.25) is 0 Å². The highest BCUT2D eigenvalue weighted by Gasteiger charge is 2.43. The van der Waals surface area contributed by atoms with Gasteiger partial charge in [-0.3, -0.25) is 4.79 Å². The number of fused-ring (bicyclic) bond motifs is 3. The Bertz CT molecular complexity index is 568. The van der Waals surface area contributed by atoms with Crippen LogP contribution in [0.1, 0.15) is 55.7 Å². The van der Waals surface area contributed by atoms with Crippen molar-refractivity contribution in [2.24, 2.45) is 17.8 Å². The fraction of sp³-hybridized carbons (Fsp3) is 0.611. The molecule has 0 heterocycles. The molecule has 4 unspecified atom stereocenters. The van der Waals surface area contributed by atoms with Crippen LogP contribution in [-0.2, 0) is 11.2 Å². The Morgan fingerprint density at radius 2 is 2.10 bits per heavy atom. The van der Waals surface area contributed by atoms with Crippen molar-refractivity contribution in [1.29, 1.82) is 0 Å². The van der Waals surface area contributed by atoms with Gasteiger partial charge in [0.25, 0.3) is 0 Å². The number of nitrogens with one attached hydrogen (secondary N) is 1. The summed E-state index contributed by atoms with van der Waals surface area (Å²) in [6.07, 6.45) is 8.30. The maximum Gasteiger partial charge on any atom is 0.223 e. The molecule has 0 aromatic heterocycles. The number of anilines is 1. The fourth-order valence-corrected chi connectivity index (χ4v) is 4.83. The average Bonchev–Trinajstić information content (AvgIpc) is 3.10. The summed E-state index contributed by atoms with van der Waals surface area (Å²) < 4.78 is 0. The Hall–Kier alpha value is -1.51. The summed E-state index contributed by atoms with van der Waals surface area (Å²) >= 11 is 0. The summed E-state index contributed by atoms with van der Waals surface area (Å²) in [5.41, 5.74) is 9.31. The van der Waals surface area contributed by atoms with E-state index in [1.807, 2.05) is 6.07 Å². The molecule has 2 saturated carbocycles. The van der Waals surface area contributed by atoms with Crippen molar-refractivity contribution in [3.05, 3.63) is 29.3 Å². The summed E-state index contributed by atoms with van der Waals surface area (Å²) in [6.45, 7) is 0. The Morgan fingerprint density at radius 1 is 1.19 bits per heavy atom. The van der Waals surface area contributed by atoms with Crippen molar-refractivity contribution < 1.29 is 4.79 Å². The minimum atomic E-state index is 0.195. The van der Waals surface area contributed by atoms with Gasteiger partial charge in [0, 0.05) is 11.6 Å². The molecule has 4 rings (SSSR count). The molecular formula is C18H24N2O. The predicted octanol–water partition coefficient (Wildman–Crippen LogP) is 3.20. The highest BCUT2D eigenvalue weighted by Crippen LogP contribution is 2.48. The zero-order valence-electron chi connectivity index (χ0n) is 12.5. The van der Waals surface area contributed by atoms with Gasteiger partial charge in [-0.25, -0.2) is 0 Å². The average molecular weight is 284 g/mol. The number of nitrogen functional groups attached to an aromatic ring is 1. The Kier molecular flexibility index (Phi) is 3.16. The lowest BCUT2D eigenvalue weighted by molar-refractivity contribution is -0.127. The second-order valence-electron chi connectivity index (χ2n) is 7.19. The number of rotatable bonds is 2. The minimum Gasteiger partial charge on any atom is -0.399 e. The second kappa shape index (κ2) is 5.04. The van der Waals surface area contributed by atoms with E-state index in [1.165, 1.54) is 30.4 Å². The zero-order valence-corrected chi connectivity index (χ0v) is 12.5. The molecule has 0 saturated heterocycles. The lowest BCUT2D eigenvalue weighted by Crippen LogP contribution is -2.37. The van der Waals surface area contributed by atoms with Gasteiger partial charge in [0.05, 0.1) is 6.04 Å². The van der Waals surface area contributed by atoms with E-state index in [1.54, 1.807) is 0 Å². The van der Waals surface area contributed by atoms with E-state index in [4.69, 9.17) is 5.73 Å². The highest BCUT2D eigenvalue weighted by atomic mass is 16.2. The van der Waals surface area contributed by atoms with E-state index < -0.39 is 0 Å². The molecular weight excluding hydrogens is 260 g/mol. The Labute approximate surface area is 126 Å². The SMILES string of the molecule is Nc1ccc2c(c1)CCCC2NC(=O)C1CC2CCC1C2. The first-order chi connectivity index (χ1) is 10.2. The van der Waals surface area contributed by atoms with Crippen LogP contribution < -0.4 is 11.1 Å². The van der Waals surface area contributed by atoms with E-state index in [9.17, 15) is 4.79 Å². The van der Waals surface area contributed by atoms with Gasteiger partial charge < -0.3 is 11.1 Å². The van der Waals surface area contributed by atoms with Crippen LogP contribution in [0.3, 0.4) is 0 Å². The molecule has 3 heteroatoms. The number of hydrogen-bond donors (Lipinski definition) is 2. The number of nitrogens with two attached hydrogens (primary N) is 1. The summed E-state index contributed by atoms with van der Waals surface area (Å²) in [6, 6.07) is 6.34. The summed E-state index contributed by atoms with van der Waals surface area (Å²) in [4.78, 5) is 12.6. The van der Waals surface area contributed by atoms with E-state index in [-0.39, 0.29) is 12.0 Å². The van der Waals surface area contributed by atoms with Gasteiger partial charge in [0.2, 0.25) is 5.91 Å². The number of hydrogen-bond acceptors (Lipinski definition) is 2. The quantitative estimate of drug-likeness (QED) is 0.819. The van der Waals surface area contributed by atoms with Gasteiger partial charge in [0.1, 0.15) is 0 Å². The molecule has 112 valence electrons. The fourth-order valence-electron chi connectivity index (χ4n) is 4.83. The molecule has 3 aliphatic carbocycles. The van der Waals surface area contributed by atoms with Crippen molar-refractivity contribution in [1.82, 2.24) is 5.32 Å². The van der Waals surface area contributed by atoms with Crippen molar-refractivity contribution >= 4 is 11.6 Å². The maximum atomic E-state index is 12.6. The van der Waals surface area contributed by atoms with Gasteiger partial charge in [-0.2, -0.15) is 0 Å². The molecule has 3 nitrogen and oxygen atoms in total. The molecule has 1 amide bonds. The van der Waals surface area contributed by atoms with Crippen molar-refractivity contribution in [2.45, 2.75) is 51.0 Å². The first-order valence-corrected chi connectivity index (χ1v) is 8.39. The van der Waals surface area contributed by atoms with Gasteiger partial charge in [-0.15, -0.1) is 0 Å². The molecule has 0 aliphatic heterocycles. The van der Waals surface area contributed by atoms with Gasteiger partial charge >= 0.3 is 0 Å². The Morgan fingerprint density at radius 3 is 2.86 bits per heavy atom.